The predicted octanol–water partition coefficient (Wildman–Crippen LogP) is 0.503. The van der Waals surface area contributed by atoms with E-state index in [4.69, 9.17) is 16.1 Å². The monoisotopic (exact) mass is 313 g/mol. The molecule has 8 nitrogen and oxygen atoms in total. The Morgan fingerprint density at radius 3 is 3.09 bits per heavy atom. The summed E-state index contributed by atoms with van der Waals surface area (Å²) in [7, 11) is 0. The maximum atomic E-state index is 8.98. The van der Waals surface area contributed by atoms with E-state index in [1.807, 2.05) is 18.3 Å². The van der Waals surface area contributed by atoms with E-state index in [9.17, 15) is 0 Å². The SMILES string of the molecule is N#Cc1cnc(N2CCC[C@@H](c3ccn(CCO)n3)C2)nc1N. The number of hydrogen-bond donors (Lipinski definition) is 2. The van der Waals surface area contributed by atoms with Crippen LogP contribution in [0.25, 0.3) is 0 Å². The molecule has 1 aliphatic rings. The number of nitrogens with two attached hydrogens (primary N) is 1. The van der Waals surface area contributed by atoms with Crippen LogP contribution in [0.3, 0.4) is 0 Å². The predicted molar refractivity (Wildman–Crippen MR) is 84.7 cm³/mol. The third-order valence-corrected chi connectivity index (χ3v) is 4.04. The van der Waals surface area contributed by atoms with Crippen LogP contribution in [0.4, 0.5) is 11.8 Å². The highest BCUT2D eigenvalue weighted by Crippen LogP contribution is 2.28. The molecule has 0 spiro atoms. The molecule has 8 heteroatoms. The van der Waals surface area contributed by atoms with Crippen molar-refractivity contribution in [2.45, 2.75) is 25.3 Å². The Balaban J connectivity index is 1.75. The van der Waals surface area contributed by atoms with Gasteiger partial charge in [0, 0.05) is 25.2 Å². The Morgan fingerprint density at radius 2 is 2.35 bits per heavy atom. The number of nitrogens with zero attached hydrogens (tertiary/aromatic N) is 6. The molecule has 3 rings (SSSR count). The quantitative estimate of drug-likeness (QED) is 0.844. The van der Waals surface area contributed by atoms with Crippen LogP contribution in [-0.2, 0) is 6.54 Å². The molecule has 0 amide bonds. The molecule has 1 fully saturated rings. The highest BCUT2D eigenvalue weighted by atomic mass is 16.3. The molecule has 120 valence electrons. The van der Waals surface area contributed by atoms with Gasteiger partial charge >= 0.3 is 0 Å². The largest absolute Gasteiger partial charge is 0.394 e. The van der Waals surface area contributed by atoms with Gasteiger partial charge in [0.05, 0.1) is 25.0 Å². The van der Waals surface area contributed by atoms with Crippen LogP contribution in [0.1, 0.15) is 30.0 Å². The van der Waals surface area contributed by atoms with Gasteiger partial charge in [-0.2, -0.15) is 15.3 Å². The summed E-state index contributed by atoms with van der Waals surface area (Å²) < 4.78 is 1.75. The van der Waals surface area contributed by atoms with E-state index in [0.717, 1.165) is 31.6 Å². The third kappa shape index (κ3) is 3.24. The molecular weight excluding hydrogens is 294 g/mol. The minimum Gasteiger partial charge on any atom is -0.394 e. The van der Waals surface area contributed by atoms with E-state index >= 15 is 0 Å². The van der Waals surface area contributed by atoms with Crippen LogP contribution in [0.15, 0.2) is 18.5 Å². The number of aliphatic hydroxyl groups is 1. The minimum absolute atomic E-state index is 0.0796. The van der Waals surface area contributed by atoms with E-state index in [-0.39, 0.29) is 12.4 Å². The summed E-state index contributed by atoms with van der Waals surface area (Å²) in [6, 6.07) is 3.97. The normalized spacial score (nSPS) is 17.9. The molecule has 2 aromatic heterocycles. The molecule has 23 heavy (non-hydrogen) atoms. The second-order valence-electron chi connectivity index (χ2n) is 5.59. The fraction of sp³-hybridized carbons (Fsp3) is 0.467. The van der Waals surface area contributed by atoms with Crippen molar-refractivity contribution in [1.82, 2.24) is 19.7 Å². The summed E-state index contributed by atoms with van der Waals surface area (Å²) in [6.07, 6.45) is 5.43. The van der Waals surface area contributed by atoms with E-state index in [1.165, 1.54) is 6.20 Å². The molecule has 3 N–H and O–H groups in total. The molecule has 1 aliphatic heterocycles. The zero-order chi connectivity index (χ0) is 16.2. The van der Waals surface area contributed by atoms with Gasteiger partial charge in [-0.1, -0.05) is 0 Å². The fourth-order valence-electron chi connectivity index (χ4n) is 2.85. The number of aliphatic hydroxyl groups excluding tert-OH is 1. The maximum Gasteiger partial charge on any atom is 0.227 e. The summed E-state index contributed by atoms with van der Waals surface area (Å²) in [5, 5.41) is 22.4. The fourth-order valence-corrected chi connectivity index (χ4v) is 2.85. The van der Waals surface area contributed by atoms with Crippen LogP contribution in [0, 0.1) is 11.3 Å². The smallest absolute Gasteiger partial charge is 0.227 e. The van der Waals surface area contributed by atoms with E-state index in [2.05, 4.69) is 20.0 Å². The van der Waals surface area contributed by atoms with Crippen LogP contribution < -0.4 is 10.6 Å². The maximum absolute atomic E-state index is 8.98. The summed E-state index contributed by atoms with van der Waals surface area (Å²) >= 11 is 0. The Bertz CT molecular complexity index is 721. The summed E-state index contributed by atoms with van der Waals surface area (Å²) in [6.45, 7) is 2.21. The van der Waals surface area contributed by atoms with Crippen LogP contribution in [-0.4, -0.2) is 44.6 Å². The number of nitrogen functional groups attached to an aromatic ring is 1. The summed E-state index contributed by atoms with van der Waals surface area (Å²) in [5.41, 5.74) is 7.10. The number of rotatable bonds is 4. The first-order chi connectivity index (χ1) is 11.2. The molecule has 0 aliphatic carbocycles. The lowest BCUT2D eigenvalue weighted by Gasteiger charge is -2.32. The van der Waals surface area contributed by atoms with Gasteiger partial charge in [-0.25, -0.2) is 4.98 Å². The molecule has 0 bridgehead atoms. The number of aromatic nitrogens is 4. The Hall–Kier alpha value is -2.66. The van der Waals surface area contributed by atoms with Gasteiger partial charge in [-0.15, -0.1) is 0 Å². The van der Waals surface area contributed by atoms with Crippen LogP contribution in [0.5, 0.6) is 0 Å². The van der Waals surface area contributed by atoms with Gasteiger partial charge < -0.3 is 15.7 Å². The van der Waals surface area contributed by atoms with Crippen molar-refractivity contribution in [2.75, 3.05) is 30.3 Å². The van der Waals surface area contributed by atoms with E-state index < -0.39 is 0 Å². The molecule has 0 aromatic carbocycles. The zero-order valence-electron chi connectivity index (χ0n) is 12.8. The lowest BCUT2D eigenvalue weighted by Crippen LogP contribution is -2.36. The molecule has 3 heterocycles. The third-order valence-electron chi connectivity index (χ3n) is 4.04. The molecule has 0 radical (unpaired) electrons. The first-order valence-electron chi connectivity index (χ1n) is 7.63. The van der Waals surface area contributed by atoms with Crippen molar-refractivity contribution in [3.05, 3.63) is 29.7 Å². The van der Waals surface area contributed by atoms with Crippen molar-refractivity contribution < 1.29 is 5.11 Å². The second-order valence-corrected chi connectivity index (χ2v) is 5.59. The highest BCUT2D eigenvalue weighted by molar-refractivity contribution is 5.50. The molecule has 0 unspecified atom stereocenters. The molecule has 1 saturated heterocycles. The van der Waals surface area contributed by atoms with Gasteiger partial charge in [0.2, 0.25) is 5.95 Å². The van der Waals surface area contributed by atoms with E-state index in [1.54, 1.807) is 4.68 Å². The molecule has 0 saturated carbocycles. The highest BCUT2D eigenvalue weighted by Gasteiger charge is 2.25. The number of anilines is 2. The number of hydrogen-bond acceptors (Lipinski definition) is 7. The van der Waals surface area contributed by atoms with Gasteiger partial charge in [0.25, 0.3) is 0 Å². The zero-order valence-corrected chi connectivity index (χ0v) is 12.8. The number of nitriles is 1. The summed E-state index contributed by atoms with van der Waals surface area (Å²) in [4.78, 5) is 10.6. The average Bonchev–Trinajstić information content (AvgIpc) is 3.04. The van der Waals surface area contributed by atoms with Gasteiger partial charge in [0.1, 0.15) is 17.5 Å². The Kier molecular flexibility index (Phi) is 4.39. The average molecular weight is 313 g/mol. The van der Waals surface area contributed by atoms with Crippen molar-refractivity contribution in [3.8, 4) is 6.07 Å². The Labute approximate surface area is 134 Å². The van der Waals surface area contributed by atoms with E-state index in [0.29, 0.717) is 24.0 Å². The minimum atomic E-state index is 0.0796. The topological polar surface area (TPSA) is 117 Å². The first-order valence-corrected chi connectivity index (χ1v) is 7.63. The molecular formula is C15H19N7O. The van der Waals surface area contributed by atoms with Gasteiger partial charge in [0.15, 0.2) is 0 Å². The standard InChI is InChI=1S/C15H19N7O/c16-8-12-9-18-15(19-14(12)17)21-4-1-2-11(10-21)13-3-5-22(20-13)6-7-23/h3,5,9,11,23H,1-2,4,6-7,10H2,(H2,17,18,19)/t11-/m1/s1. The van der Waals surface area contributed by atoms with Crippen molar-refractivity contribution in [1.29, 1.82) is 5.26 Å². The number of piperidine rings is 1. The lowest BCUT2D eigenvalue weighted by atomic mass is 9.95. The lowest BCUT2D eigenvalue weighted by molar-refractivity contribution is 0.268. The molecule has 2 aromatic rings. The van der Waals surface area contributed by atoms with Crippen molar-refractivity contribution >= 4 is 11.8 Å². The first kappa shape index (κ1) is 15.2. The molecule has 1 atom stereocenters. The van der Waals surface area contributed by atoms with Gasteiger partial charge in [-0.05, 0) is 18.9 Å². The summed E-state index contributed by atoms with van der Waals surface area (Å²) in [5.74, 6) is 1.07. The van der Waals surface area contributed by atoms with Crippen molar-refractivity contribution in [3.63, 3.8) is 0 Å². The van der Waals surface area contributed by atoms with Crippen molar-refractivity contribution in [2.24, 2.45) is 0 Å². The van der Waals surface area contributed by atoms with Crippen LogP contribution >= 0.6 is 0 Å². The van der Waals surface area contributed by atoms with Crippen LogP contribution in [0.2, 0.25) is 0 Å². The Morgan fingerprint density at radius 1 is 1.48 bits per heavy atom. The van der Waals surface area contributed by atoms with Gasteiger partial charge in [-0.3, -0.25) is 4.68 Å². The second kappa shape index (κ2) is 6.62.